The average Bonchev–Trinajstić information content (AvgIpc) is 2.89. The molecule has 0 aliphatic rings. The Bertz CT molecular complexity index is 651. The van der Waals surface area contributed by atoms with Crippen LogP contribution in [0.25, 0.3) is 0 Å². The summed E-state index contributed by atoms with van der Waals surface area (Å²) in [6, 6.07) is 6.93. The number of rotatable bonds is 3. The molecule has 4 nitrogen and oxygen atoms in total. The molecule has 102 valence electrons. The summed E-state index contributed by atoms with van der Waals surface area (Å²) >= 11 is 1.53. The van der Waals surface area contributed by atoms with E-state index in [4.69, 9.17) is 5.11 Å². The van der Waals surface area contributed by atoms with Crippen LogP contribution in [0.2, 0.25) is 0 Å². The van der Waals surface area contributed by atoms with Gasteiger partial charge in [0.05, 0.1) is 6.54 Å². The van der Waals surface area contributed by atoms with Crippen LogP contribution in [0, 0.1) is 18.8 Å². The molecule has 2 N–H and O–H groups in total. The maximum absolute atomic E-state index is 11.9. The number of benzene rings is 1. The zero-order valence-corrected chi connectivity index (χ0v) is 11.8. The van der Waals surface area contributed by atoms with Crippen LogP contribution in [0.4, 0.5) is 0 Å². The normalized spacial score (nSPS) is 9.70. The van der Waals surface area contributed by atoms with E-state index in [2.05, 4.69) is 22.1 Å². The van der Waals surface area contributed by atoms with Crippen LogP contribution in [0.5, 0.6) is 0 Å². The zero-order chi connectivity index (χ0) is 14.4. The van der Waals surface area contributed by atoms with Gasteiger partial charge in [0, 0.05) is 22.2 Å². The summed E-state index contributed by atoms with van der Waals surface area (Å²) in [5.41, 5.74) is 2.31. The Morgan fingerprint density at radius 2 is 2.15 bits per heavy atom. The molecule has 0 spiro atoms. The van der Waals surface area contributed by atoms with E-state index in [-0.39, 0.29) is 12.5 Å². The zero-order valence-electron chi connectivity index (χ0n) is 11.0. The molecule has 0 saturated heterocycles. The fraction of sp³-hybridized carbons (Fsp3) is 0.200. The predicted octanol–water partition coefficient (Wildman–Crippen LogP) is 1.73. The van der Waals surface area contributed by atoms with Crippen LogP contribution < -0.4 is 5.32 Å². The first-order valence-corrected chi connectivity index (χ1v) is 6.96. The maximum Gasteiger partial charge on any atom is 0.251 e. The molecule has 20 heavy (non-hydrogen) atoms. The molecule has 1 aromatic heterocycles. The number of aryl methyl sites for hydroxylation is 1. The number of hydrogen-bond donors (Lipinski definition) is 2. The van der Waals surface area contributed by atoms with Crippen molar-refractivity contribution >= 4 is 17.2 Å². The molecule has 0 bridgehead atoms. The molecule has 5 heteroatoms. The monoisotopic (exact) mass is 286 g/mol. The standard InChI is InChI=1S/C15H14N2O2S/c1-11-10-20-14(17-11)9-16-15(19)13-6-4-12(5-7-13)3-2-8-18/h4-7,10,18H,8-9H2,1H3,(H,16,19). The third-order valence-electron chi connectivity index (χ3n) is 2.53. The lowest BCUT2D eigenvalue weighted by atomic mass is 10.1. The Hall–Kier alpha value is -2.16. The molecule has 1 aromatic carbocycles. The third kappa shape index (κ3) is 3.92. The highest BCUT2D eigenvalue weighted by atomic mass is 32.1. The second kappa shape index (κ2) is 6.85. The molecular formula is C15H14N2O2S. The van der Waals surface area contributed by atoms with Crippen molar-refractivity contribution in [1.29, 1.82) is 0 Å². The summed E-state index contributed by atoms with van der Waals surface area (Å²) in [7, 11) is 0. The van der Waals surface area contributed by atoms with Crippen molar-refractivity contribution in [3.63, 3.8) is 0 Å². The fourth-order valence-corrected chi connectivity index (χ4v) is 2.30. The third-order valence-corrected chi connectivity index (χ3v) is 3.49. The van der Waals surface area contributed by atoms with Gasteiger partial charge in [0.15, 0.2) is 0 Å². The molecule has 0 saturated carbocycles. The summed E-state index contributed by atoms with van der Waals surface area (Å²) < 4.78 is 0. The number of thiazole rings is 1. The van der Waals surface area contributed by atoms with Crippen molar-refractivity contribution < 1.29 is 9.90 Å². The smallest absolute Gasteiger partial charge is 0.251 e. The van der Waals surface area contributed by atoms with Crippen LogP contribution in [-0.4, -0.2) is 22.6 Å². The number of hydrogen-bond acceptors (Lipinski definition) is 4. The van der Waals surface area contributed by atoms with Gasteiger partial charge in [-0.2, -0.15) is 0 Å². The summed E-state index contributed by atoms with van der Waals surface area (Å²) in [4.78, 5) is 16.2. The number of amides is 1. The number of carbonyl (C=O) groups excluding carboxylic acids is 1. The maximum atomic E-state index is 11.9. The minimum atomic E-state index is -0.171. The van der Waals surface area contributed by atoms with Gasteiger partial charge in [0.25, 0.3) is 5.91 Å². The molecule has 0 unspecified atom stereocenters. The van der Waals surface area contributed by atoms with Gasteiger partial charge in [-0.1, -0.05) is 11.8 Å². The van der Waals surface area contributed by atoms with Gasteiger partial charge in [0.2, 0.25) is 0 Å². The molecular weight excluding hydrogens is 272 g/mol. The van der Waals surface area contributed by atoms with E-state index in [1.807, 2.05) is 12.3 Å². The fourth-order valence-electron chi connectivity index (χ4n) is 1.59. The van der Waals surface area contributed by atoms with Gasteiger partial charge in [0.1, 0.15) is 11.6 Å². The van der Waals surface area contributed by atoms with Crippen molar-refractivity contribution in [3.05, 3.63) is 51.5 Å². The van der Waals surface area contributed by atoms with E-state index in [0.29, 0.717) is 12.1 Å². The van der Waals surface area contributed by atoms with Crippen molar-refractivity contribution in [2.75, 3.05) is 6.61 Å². The highest BCUT2D eigenvalue weighted by Crippen LogP contribution is 2.09. The van der Waals surface area contributed by atoms with Crippen molar-refractivity contribution in [3.8, 4) is 11.8 Å². The van der Waals surface area contributed by atoms with Gasteiger partial charge in [-0.25, -0.2) is 4.98 Å². The number of nitrogens with one attached hydrogen (secondary N) is 1. The van der Waals surface area contributed by atoms with E-state index in [9.17, 15) is 4.79 Å². The van der Waals surface area contributed by atoms with Crippen LogP contribution in [-0.2, 0) is 6.54 Å². The molecule has 0 fully saturated rings. The highest BCUT2D eigenvalue weighted by Gasteiger charge is 2.06. The van der Waals surface area contributed by atoms with Crippen molar-refractivity contribution in [2.24, 2.45) is 0 Å². The lowest BCUT2D eigenvalue weighted by Crippen LogP contribution is -2.22. The minimum Gasteiger partial charge on any atom is -0.384 e. The molecule has 0 radical (unpaired) electrons. The van der Waals surface area contributed by atoms with E-state index in [0.717, 1.165) is 16.3 Å². The lowest BCUT2D eigenvalue weighted by Gasteiger charge is -2.03. The molecule has 1 heterocycles. The molecule has 1 amide bonds. The van der Waals surface area contributed by atoms with E-state index in [1.165, 1.54) is 11.3 Å². The largest absolute Gasteiger partial charge is 0.384 e. The first kappa shape index (κ1) is 14.3. The highest BCUT2D eigenvalue weighted by molar-refractivity contribution is 7.09. The molecule has 2 rings (SSSR count). The number of carbonyl (C=O) groups is 1. The molecule has 0 aliphatic carbocycles. The first-order valence-electron chi connectivity index (χ1n) is 6.08. The summed E-state index contributed by atoms with van der Waals surface area (Å²) in [6.07, 6.45) is 0. The Morgan fingerprint density at radius 1 is 1.40 bits per heavy atom. The van der Waals surface area contributed by atoms with E-state index < -0.39 is 0 Å². The van der Waals surface area contributed by atoms with E-state index in [1.54, 1.807) is 24.3 Å². The van der Waals surface area contributed by atoms with Crippen LogP contribution >= 0.6 is 11.3 Å². The Morgan fingerprint density at radius 3 is 2.75 bits per heavy atom. The Kier molecular flexibility index (Phi) is 4.88. The molecule has 0 aliphatic heterocycles. The van der Waals surface area contributed by atoms with Crippen molar-refractivity contribution in [1.82, 2.24) is 10.3 Å². The molecule has 0 atom stereocenters. The van der Waals surface area contributed by atoms with Crippen LogP contribution in [0.3, 0.4) is 0 Å². The van der Waals surface area contributed by atoms with E-state index >= 15 is 0 Å². The topological polar surface area (TPSA) is 62.2 Å². The Balaban J connectivity index is 1.95. The van der Waals surface area contributed by atoms with Crippen molar-refractivity contribution in [2.45, 2.75) is 13.5 Å². The van der Waals surface area contributed by atoms with Gasteiger partial charge < -0.3 is 10.4 Å². The van der Waals surface area contributed by atoms with Gasteiger partial charge in [-0.15, -0.1) is 11.3 Å². The predicted molar refractivity (Wildman–Crippen MR) is 78.4 cm³/mol. The number of aliphatic hydroxyl groups excluding tert-OH is 1. The molecule has 2 aromatic rings. The first-order chi connectivity index (χ1) is 9.69. The number of aliphatic hydroxyl groups is 1. The van der Waals surface area contributed by atoms with Gasteiger partial charge in [-0.3, -0.25) is 4.79 Å². The summed E-state index contributed by atoms with van der Waals surface area (Å²) in [5, 5.41) is 14.3. The average molecular weight is 286 g/mol. The minimum absolute atomic E-state index is 0.139. The lowest BCUT2D eigenvalue weighted by molar-refractivity contribution is 0.0951. The second-order valence-electron chi connectivity index (χ2n) is 4.10. The second-order valence-corrected chi connectivity index (χ2v) is 5.05. The van der Waals surface area contributed by atoms with Gasteiger partial charge >= 0.3 is 0 Å². The SMILES string of the molecule is Cc1csc(CNC(=O)c2ccc(C#CCO)cc2)n1. The van der Waals surface area contributed by atoms with Crippen LogP contribution in [0.15, 0.2) is 29.6 Å². The summed E-state index contributed by atoms with van der Waals surface area (Å²) in [5.74, 6) is 5.20. The number of aromatic nitrogens is 1. The summed E-state index contributed by atoms with van der Waals surface area (Å²) in [6.45, 7) is 2.19. The van der Waals surface area contributed by atoms with Crippen LogP contribution in [0.1, 0.15) is 26.6 Å². The van der Waals surface area contributed by atoms with Gasteiger partial charge in [-0.05, 0) is 31.2 Å². The quantitative estimate of drug-likeness (QED) is 0.845. The number of nitrogens with zero attached hydrogens (tertiary/aromatic N) is 1. The Labute approximate surface area is 121 Å².